The van der Waals surface area contributed by atoms with Gasteiger partial charge in [-0.3, -0.25) is 9.36 Å². The van der Waals surface area contributed by atoms with Crippen LogP contribution in [-0.2, 0) is 6.54 Å². The molecule has 1 unspecified atom stereocenters. The minimum absolute atomic E-state index is 0.101. The Bertz CT molecular complexity index is 634. The Labute approximate surface area is 110 Å². The molecule has 0 saturated heterocycles. The number of aromatic nitrogens is 2. The van der Waals surface area contributed by atoms with Crippen LogP contribution >= 0.6 is 0 Å². The van der Waals surface area contributed by atoms with Crippen molar-refractivity contribution in [3.8, 4) is 0 Å². The van der Waals surface area contributed by atoms with Gasteiger partial charge in [0.2, 0.25) is 0 Å². The summed E-state index contributed by atoms with van der Waals surface area (Å²) in [4.78, 5) is 16.4. The summed E-state index contributed by atoms with van der Waals surface area (Å²) in [5.74, 6) is 0. The number of hydrogen-bond donors (Lipinski definition) is 2. The van der Waals surface area contributed by atoms with Crippen LogP contribution in [0.5, 0.6) is 0 Å². The van der Waals surface area contributed by atoms with Crippen LogP contribution in [0, 0.1) is 0 Å². The lowest BCUT2D eigenvalue weighted by Crippen LogP contribution is -2.34. The second kappa shape index (κ2) is 5.11. The molecule has 1 fully saturated rings. The third-order valence-corrected chi connectivity index (χ3v) is 3.36. The molecule has 0 aliphatic heterocycles. The lowest BCUT2D eigenvalue weighted by molar-refractivity contribution is 0.149. The molecular formula is C14H17N3O2. The molecule has 5 heteroatoms. The van der Waals surface area contributed by atoms with Crippen LogP contribution in [-0.4, -0.2) is 33.3 Å². The van der Waals surface area contributed by atoms with Crippen LogP contribution in [0.15, 0.2) is 35.4 Å². The Kier molecular flexibility index (Phi) is 3.31. The van der Waals surface area contributed by atoms with Crippen LogP contribution < -0.4 is 10.9 Å². The van der Waals surface area contributed by atoms with E-state index in [4.69, 9.17) is 0 Å². The number of aliphatic hydroxyl groups is 1. The van der Waals surface area contributed by atoms with Gasteiger partial charge in [0.05, 0.1) is 29.9 Å². The lowest BCUT2D eigenvalue weighted by atomic mass is 10.2. The highest BCUT2D eigenvalue weighted by atomic mass is 16.3. The predicted molar refractivity (Wildman–Crippen MR) is 73.0 cm³/mol. The van der Waals surface area contributed by atoms with E-state index in [1.165, 1.54) is 23.7 Å². The zero-order valence-corrected chi connectivity index (χ0v) is 10.6. The molecule has 0 spiro atoms. The van der Waals surface area contributed by atoms with E-state index in [9.17, 15) is 9.90 Å². The number of para-hydroxylation sites is 1. The highest BCUT2D eigenvalue weighted by Crippen LogP contribution is 2.18. The molecule has 0 amide bonds. The Balaban J connectivity index is 1.76. The van der Waals surface area contributed by atoms with Gasteiger partial charge < -0.3 is 10.4 Å². The maximum Gasteiger partial charge on any atom is 0.261 e. The van der Waals surface area contributed by atoms with Gasteiger partial charge >= 0.3 is 0 Å². The fourth-order valence-electron chi connectivity index (χ4n) is 2.12. The smallest absolute Gasteiger partial charge is 0.261 e. The molecule has 1 saturated carbocycles. The maximum absolute atomic E-state index is 12.2. The van der Waals surface area contributed by atoms with E-state index in [0.29, 0.717) is 23.5 Å². The molecule has 2 aromatic rings. The summed E-state index contributed by atoms with van der Waals surface area (Å²) in [6, 6.07) is 7.80. The molecule has 1 heterocycles. The first kappa shape index (κ1) is 12.3. The average molecular weight is 259 g/mol. The summed E-state index contributed by atoms with van der Waals surface area (Å²) >= 11 is 0. The molecular weight excluding hydrogens is 242 g/mol. The quantitative estimate of drug-likeness (QED) is 0.821. The zero-order valence-electron chi connectivity index (χ0n) is 10.6. The second-order valence-electron chi connectivity index (χ2n) is 5.06. The van der Waals surface area contributed by atoms with E-state index in [0.717, 1.165) is 0 Å². The van der Waals surface area contributed by atoms with Crippen molar-refractivity contribution in [3.63, 3.8) is 0 Å². The van der Waals surface area contributed by atoms with Crippen molar-refractivity contribution in [1.82, 2.24) is 14.9 Å². The standard InChI is InChI=1S/C14H17N3O2/c18-11(7-15-10-5-6-10)8-17-9-16-13-4-2-1-3-12(13)14(17)19/h1-4,9-11,15,18H,5-8H2. The highest BCUT2D eigenvalue weighted by molar-refractivity contribution is 5.76. The number of nitrogens with one attached hydrogen (secondary N) is 1. The van der Waals surface area contributed by atoms with Gasteiger partial charge in [-0.15, -0.1) is 0 Å². The number of benzene rings is 1. The Morgan fingerprint density at radius 2 is 2.21 bits per heavy atom. The molecule has 1 aromatic heterocycles. The number of aliphatic hydroxyl groups excluding tert-OH is 1. The fraction of sp³-hybridized carbons (Fsp3) is 0.429. The van der Waals surface area contributed by atoms with Gasteiger partial charge in [0.25, 0.3) is 5.56 Å². The van der Waals surface area contributed by atoms with Crippen LogP contribution in [0.25, 0.3) is 10.9 Å². The SMILES string of the molecule is O=c1c2ccccc2ncn1CC(O)CNC1CC1. The minimum Gasteiger partial charge on any atom is -0.390 e. The highest BCUT2D eigenvalue weighted by Gasteiger charge is 2.21. The normalized spacial score (nSPS) is 16.7. The van der Waals surface area contributed by atoms with E-state index in [1.54, 1.807) is 6.07 Å². The van der Waals surface area contributed by atoms with Crippen molar-refractivity contribution in [1.29, 1.82) is 0 Å². The molecule has 1 aliphatic rings. The van der Waals surface area contributed by atoms with E-state index in [-0.39, 0.29) is 12.1 Å². The van der Waals surface area contributed by atoms with Crippen LogP contribution in [0.1, 0.15) is 12.8 Å². The summed E-state index contributed by atoms with van der Waals surface area (Å²) in [6.07, 6.45) is 3.31. The molecule has 0 bridgehead atoms. The zero-order chi connectivity index (χ0) is 13.2. The fourth-order valence-corrected chi connectivity index (χ4v) is 2.12. The monoisotopic (exact) mass is 259 g/mol. The number of hydrogen-bond acceptors (Lipinski definition) is 4. The van der Waals surface area contributed by atoms with E-state index in [2.05, 4.69) is 10.3 Å². The average Bonchev–Trinajstić information content (AvgIpc) is 3.24. The molecule has 1 atom stereocenters. The van der Waals surface area contributed by atoms with Gasteiger partial charge in [0.15, 0.2) is 0 Å². The van der Waals surface area contributed by atoms with Crippen molar-refractivity contribution in [2.45, 2.75) is 31.5 Å². The summed E-state index contributed by atoms with van der Waals surface area (Å²) < 4.78 is 1.47. The van der Waals surface area contributed by atoms with Gasteiger partial charge in [-0.05, 0) is 25.0 Å². The van der Waals surface area contributed by atoms with Gasteiger partial charge in [0.1, 0.15) is 0 Å². The van der Waals surface area contributed by atoms with Crippen molar-refractivity contribution >= 4 is 10.9 Å². The van der Waals surface area contributed by atoms with Crippen molar-refractivity contribution in [2.75, 3.05) is 6.54 Å². The topological polar surface area (TPSA) is 67.2 Å². The van der Waals surface area contributed by atoms with E-state index < -0.39 is 6.10 Å². The maximum atomic E-state index is 12.2. The molecule has 1 aromatic carbocycles. The largest absolute Gasteiger partial charge is 0.390 e. The van der Waals surface area contributed by atoms with Gasteiger partial charge in [0, 0.05) is 12.6 Å². The number of nitrogens with zero attached hydrogens (tertiary/aromatic N) is 2. The Morgan fingerprint density at radius 1 is 1.42 bits per heavy atom. The van der Waals surface area contributed by atoms with Gasteiger partial charge in [-0.25, -0.2) is 4.98 Å². The van der Waals surface area contributed by atoms with Gasteiger partial charge in [-0.1, -0.05) is 12.1 Å². The third kappa shape index (κ3) is 2.83. The molecule has 3 rings (SSSR count). The minimum atomic E-state index is -0.568. The number of fused-ring (bicyclic) bond motifs is 1. The Hall–Kier alpha value is -1.72. The van der Waals surface area contributed by atoms with Crippen LogP contribution in [0.3, 0.4) is 0 Å². The summed E-state index contributed by atoms with van der Waals surface area (Å²) in [7, 11) is 0. The summed E-state index contributed by atoms with van der Waals surface area (Å²) in [6.45, 7) is 0.792. The first-order valence-electron chi connectivity index (χ1n) is 6.59. The molecule has 19 heavy (non-hydrogen) atoms. The van der Waals surface area contributed by atoms with Crippen molar-refractivity contribution in [2.24, 2.45) is 0 Å². The summed E-state index contributed by atoms with van der Waals surface area (Å²) in [5.41, 5.74) is 0.588. The lowest BCUT2D eigenvalue weighted by Gasteiger charge is -2.13. The first-order valence-corrected chi connectivity index (χ1v) is 6.59. The van der Waals surface area contributed by atoms with Gasteiger partial charge in [-0.2, -0.15) is 0 Å². The molecule has 100 valence electrons. The predicted octanol–water partition coefficient (Wildman–Crippen LogP) is 0.509. The van der Waals surface area contributed by atoms with Crippen LogP contribution in [0.2, 0.25) is 0 Å². The molecule has 5 nitrogen and oxygen atoms in total. The van der Waals surface area contributed by atoms with Crippen molar-refractivity contribution in [3.05, 3.63) is 40.9 Å². The molecule has 2 N–H and O–H groups in total. The Morgan fingerprint density at radius 3 is 3.00 bits per heavy atom. The molecule has 0 radical (unpaired) electrons. The molecule has 1 aliphatic carbocycles. The van der Waals surface area contributed by atoms with E-state index >= 15 is 0 Å². The van der Waals surface area contributed by atoms with E-state index in [1.807, 2.05) is 18.2 Å². The second-order valence-corrected chi connectivity index (χ2v) is 5.06. The van der Waals surface area contributed by atoms with Crippen LogP contribution in [0.4, 0.5) is 0 Å². The number of rotatable bonds is 5. The first-order chi connectivity index (χ1) is 9.24. The van der Waals surface area contributed by atoms with Crippen molar-refractivity contribution < 1.29 is 5.11 Å². The third-order valence-electron chi connectivity index (χ3n) is 3.36. The summed E-state index contributed by atoms with van der Waals surface area (Å²) in [5, 5.41) is 13.8.